The lowest BCUT2D eigenvalue weighted by atomic mass is 9.78. The highest BCUT2D eigenvalue weighted by molar-refractivity contribution is 5.77. The van der Waals surface area contributed by atoms with Crippen molar-refractivity contribution in [1.82, 2.24) is 24.8 Å². The molecule has 1 amide bonds. The topological polar surface area (TPSA) is 74.7 Å². The summed E-state index contributed by atoms with van der Waals surface area (Å²) in [6.45, 7) is 12.2. The number of aromatic nitrogens is 3. The summed E-state index contributed by atoms with van der Waals surface area (Å²) in [5, 5.41) is 0. The van der Waals surface area contributed by atoms with E-state index in [1.807, 2.05) is 24.9 Å². The normalized spacial score (nSPS) is 22.5. The minimum Gasteiger partial charge on any atom is -0.450 e. The predicted molar refractivity (Wildman–Crippen MR) is 127 cm³/mol. The number of carbonyl (C=O) groups excluding carboxylic acids is 1. The minimum atomic E-state index is -0.153. The van der Waals surface area contributed by atoms with Crippen molar-refractivity contribution in [2.24, 2.45) is 5.41 Å². The Kier molecular flexibility index (Phi) is 5.95. The number of anilines is 1. The van der Waals surface area contributed by atoms with Crippen LogP contribution in [0, 0.1) is 19.3 Å². The Bertz CT molecular complexity index is 1010. The van der Waals surface area contributed by atoms with Crippen LogP contribution in [-0.4, -0.2) is 82.8 Å². The van der Waals surface area contributed by atoms with Crippen LogP contribution in [0.25, 0.3) is 11.3 Å². The molecule has 33 heavy (non-hydrogen) atoms. The molecule has 0 unspecified atom stereocenters. The molecular weight excluding hydrogens is 416 g/mol. The standard InChI is InChI=1S/C25H34N6O2/c1-4-33-24(32)31-16-25(17-31)7-5-20(15-25)29-11-13-30(14-12-29)23-21(18(2)6-8-28-23)22-19(3)26-9-10-27-22/h6,8-10,20H,4-5,7,11-17H2,1-3H3/t20-/m1/s1. The van der Waals surface area contributed by atoms with Crippen molar-refractivity contribution in [3.63, 3.8) is 0 Å². The van der Waals surface area contributed by atoms with Crippen LogP contribution >= 0.6 is 0 Å². The smallest absolute Gasteiger partial charge is 0.409 e. The maximum Gasteiger partial charge on any atom is 0.409 e. The van der Waals surface area contributed by atoms with Gasteiger partial charge in [0.05, 0.1) is 18.0 Å². The molecule has 8 heteroatoms. The van der Waals surface area contributed by atoms with E-state index in [-0.39, 0.29) is 6.09 Å². The van der Waals surface area contributed by atoms with E-state index in [4.69, 9.17) is 9.72 Å². The molecule has 2 saturated heterocycles. The Morgan fingerprint density at radius 3 is 2.58 bits per heavy atom. The first kappa shape index (κ1) is 22.1. The second kappa shape index (κ2) is 8.89. The number of ether oxygens (including phenoxy) is 1. The molecule has 1 atom stereocenters. The van der Waals surface area contributed by atoms with Crippen molar-refractivity contribution in [2.75, 3.05) is 50.8 Å². The van der Waals surface area contributed by atoms with Gasteiger partial charge in [-0.1, -0.05) is 0 Å². The highest BCUT2D eigenvalue weighted by Gasteiger charge is 2.51. The number of aryl methyl sites for hydroxylation is 2. The van der Waals surface area contributed by atoms with Crippen LogP contribution in [0.4, 0.5) is 10.6 Å². The maximum atomic E-state index is 12.0. The third-order valence-electron chi connectivity index (χ3n) is 7.64. The number of piperazine rings is 1. The van der Waals surface area contributed by atoms with E-state index in [1.54, 1.807) is 12.4 Å². The van der Waals surface area contributed by atoms with Crippen LogP contribution in [0.2, 0.25) is 0 Å². The molecule has 3 fully saturated rings. The van der Waals surface area contributed by atoms with Gasteiger partial charge in [0.15, 0.2) is 0 Å². The summed E-state index contributed by atoms with van der Waals surface area (Å²) in [7, 11) is 0. The highest BCUT2D eigenvalue weighted by Crippen LogP contribution is 2.47. The molecule has 0 bridgehead atoms. The van der Waals surface area contributed by atoms with Crippen molar-refractivity contribution in [1.29, 1.82) is 0 Å². The van der Waals surface area contributed by atoms with E-state index >= 15 is 0 Å². The van der Waals surface area contributed by atoms with Gasteiger partial charge < -0.3 is 14.5 Å². The van der Waals surface area contributed by atoms with Crippen LogP contribution in [0.3, 0.4) is 0 Å². The number of carbonyl (C=O) groups is 1. The lowest BCUT2D eigenvalue weighted by Crippen LogP contribution is -2.58. The summed E-state index contributed by atoms with van der Waals surface area (Å²) in [6.07, 6.45) is 8.88. The number of rotatable bonds is 4. The van der Waals surface area contributed by atoms with Crippen molar-refractivity contribution >= 4 is 11.9 Å². The zero-order chi connectivity index (χ0) is 23.0. The molecule has 0 radical (unpaired) electrons. The zero-order valence-electron chi connectivity index (χ0n) is 20.0. The Labute approximate surface area is 196 Å². The monoisotopic (exact) mass is 450 g/mol. The molecule has 176 valence electrons. The molecular formula is C25H34N6O2. The van der Waals surface area contributed by atoms with Gasteiger partial charge in [-0.05, 0) is 51.7 Å². The Hall–Kier alpha value is -2.74. The SMILES string of the molecule is CCOC(=O)N1CC2(CC[C@@H](N3CCN(c4nccc(C)c4-c4nccnc4C)CC3)C2)C1. The predicted octanol–water partition coefficient (Wildman–Crippen LogP) is 3.29. The van der Waals surface area contributed by atoms with E-state index in [9.17, 15) is 4.79 Å². The van der Waals surface area contributed by atoms with E-state index < -0.39 is 0 Å². The molecule has 2 aliphatic heterocycles. The average Bonchev–Trinajstić information content (AvgIpc) is 3.25. The number of likely N-dealkylation sites (tertiary alicyclic amines) is 1. The minimum absolute atomic E-state index is 0.153. The van der Waals surface area contributed by atoms with Gasteiger partial charge in [0.1, 0.15) is 5.82 Å². The van der Waals surface area contributed by atoms with Gasteiger partial charge in [0.25, 0.3) is 0 Å². The summed E-state index contributed by atoms with van der Waals surface area (Å²) < 4.78 is 5.16. The highest BCUT2D eigenvalue weighted by atomic mass is 16.6. The van der Waals surface area contributed by atoms with Gasteiger partial charge in [-0.15, -0.1) is 0 Å². The molecule has 4 heterocycles. The van der Waals surface area contributed by atoms with Crippen molar-refractivity contribution in [3.05, 3.63) is 35.9 Å². The molecule has 1 spiro atoms. The average molecular weight is 451 g/mol. The largest absolute Gasteiger partial charge is 0.450 e. The van der Waals surface area contributed by atoms with Gasteiger partial charge >= 0.3 is 6.09 Å². The zero-order valence-corrected chi connectivity index (χ0v) is 20.0. The Balaban J connectivity index is 1.22. The molecule has 0 N–H and O–H groups in total. The van der Waals surface area contributed by atoms with Crippen molar-refractivity contribution < 1.29 is 9.53 Å². The second-order valence-corrected chi connectivity index (χ2v) is 9.79. The van der Waals surface area contributed by atoms with Gasteiger partial charge in [0.2, 0.25) is 0 Å². The first-order valence-corrected chi connectivity index (χ1v) is 12.1. The lowest BCUT2D eigenvalue weighted by molar-refractivity contribution is -0.00294. The Morgan fingerprint density at radius 1 is 1.09 bits per heavy atom. The summed E-state index contributed by atoms with van der Waals surface area (Å²) in [5.41, 5.74) is 4.45. The molecule has 8 nitrogen and oxygen atoms in total. The van der Waals surface area contributed by atoms with Crippen LogP contribution in [-0.2, 0) is 4.74 Å². The van der Waals surface area contributed by atoms with E-state index in [1.165, 1.54) is 24.8 Å². The number of nitrogens with zero attached hydrogens (tertiary/aromatic N) is 6. The maximum absolute atomic E-state index is 12.0. The second-order valence-electron chi connectivity index (χ2n) is 9.79. The number of pyridine rings is 1. The van der Waals surface area contributed by atoms with Crippen LogP contribution < -0.4 is 4.90 Å². The quantitative estimate of drug-likeness (QED) is 0.708. The molecule has 3 aliphatic rings. The van der Waals surface area contributed by atoms with Crippen molar-refractivity contribution in [2.45, 2.75) is 46.1 Å². The van der Waals surface area contributed by atoms with Gasteiger partial charge in [-0.2, -0.15) is 0 Å². The fourth-order valence-electron chi connectivity index (χ4n) is 5.91. The molecule has 1 saturated carbocycles. The number of amides is 1. The van der Waals surface area contributed by atoms with Gasteiger partial charge in [-0.25, -0.2) is 9.78 Å². The van der Waals surface area contributed by atoms with Crippen LogP contribution in [0.5, 0.6) is 0 Å². The van der Waals surface area contributed by atoms with Gasteiger partial charge in [0, 0.05) is 74.9 Å². The molecule has 0 aromatic carbocycles. The third kappa shape index (κ3) is 4.16. The summed E-state index contributed by atoms with van der Waals surface area (Å²) in [5.74, 6) is 1.02. The molecule has 5 rings (SSSR count). The third-order valence-corrected chi connectivity index (χ3v) is 7.64. The molecule has 2 aromatic rings. The molecule has 2 aromatic heterocycles. The van der Waals surface area contributed by atoms with Crippen molar-refractivity contribution in [3.8, 4) is 11.3 Å². The van der Waals surface area contributed by atoms with Crippen LogP contribution in [0.15, 0.2) is 24.7 Å². The van der Waals surface area contributed by atoms with E-state index in [2.05, 4.69) is 32.8 Å². The Morgan fingerprint density at radius 2 is 1.85 bits per heavy atom. The summed E-state index contributed by atoms with van der Waals surface area (Å²) >= 11 is 0. The number of hydrogen-bond acceptors (Lipinski definition) is 7. The number of hydrogen-bond donors (Lipinski definition) is 0. The van der Waals surface area contributed by atoms with Gasteiger partial charge in [-0.3, -0.25) is 14.9 Å². The first-order valence-electron chi connectivity index (χ1n) is 12.1. The summed E-state index contributed by atoms with van der Waals surface area (Å²) in [6, 6.07) is 2.67. The summed E-state index contributed by atoms with van der Waals surface area (Å²) in [4.78, 5) is 32.8. The first-order chi connectivity index (χ1) is 16.0. The fraction of sp³-hybridized carbons (Fsp3) is 0.600. The molecule has 1 aliphatic carbocycles. The fourth-order valence-corrected chi connectivity index (χ4v) is 5.91. The van der Waals surface area contributed by atoms with Crippen LogP contribution in [0.1, 0.15) is 37.4 Å². The lowest BCUT2D eigenvalue weighted by Gasteiger charge is -2.48. The van der Waals surface area contributed by atoms with E-state index in [0.717, 1.165) is 62.0 Å². The van der Waals surface area contributed by atoms with E-state index in [0.29, 0.717) is 18.1 Å².